The molecule has 0 saturated carbocycles. The molecular weight excluding hydrogens is 379 g/mol. The zero-order valence-electron chi connectivity index (χ0n) is 15.1. The SMILES string of the molecule is COc1cc(C(F)(F)F)ccc1-c1nnc(C(O)C2CN(C(=O)O)C2)cc1C. The summed E-state index contributed by atoms with van der Waals surface area (Å²) in [4.78, 5) is 12.0. The van der Waals surface area contributed by atoms with E-state index in [-0.39, 0.29) is 30.5 Å². The van der Waals surface area contributed by atoms with E-state index < -0.39 is 23.9 Å². The Labute approximate surface area is 158 Å². The molecule has 1 aromatic carbocycles. The molecule has 1 fully saturated rings. The fourth-order valence-electron chi connectivity index (χ4n) is 3.09. The molecule has 1 unspecified atom stereocenters. The van der Waals surface area contributed by atoms with E-state index in [9.17, 15) is 23.1 Å². The van der Waals surface area contributed by atoms with Gasteiger partial charge in [-0.15, -0.1) is 5.10 Å². The number of aliphatic hydroxyl groups excluding tert-OH is 1. The number of methoxy groups -OCH3 is 1. The van der Waals surface area contributed by atoms with E-state index in [0.29, 0.717) is 16.8 Å². The summed E-state index contributed by atoms with van der Waals surface area (Å²) in [5, 5.41) is 27.3. The number of carbonyl (C=O) groups is 1. The Hall–Kier alpha value is -2.88. The first-order valence-electron chi connectivity index (χ1n) is 8.37. The summed E-state index contributed by atoms with van der Waals surface area (Å²) in [5.74, 6) is -0.270. The fraction of sp³-hybridized carbons (Fsp3) is 0.389. The number of carboxylic acid groups (broad SMARTS) is 1. The third-order valence-corrected chi connectivity index (χ3v) is 4.72. The van der Waals surface area contributed by atoms with Crippen molar-refractivity contribution < 1.29 is 32.9 Å². The lowest BCUT2D eigenvalue weighted by molar-refractivity contribution is -0.137. The van der Waals surface area contributed by atoms with Crippen LogP contribution in [0, 0.1) is 12.8 Å². The van der Waals surface area contributed by atoms with Crippen LogP contribution in [0.2, 0.25) is 0 Å². The molecule has 1 aliphatic rings. The van der Waals surface area contributed by atoms with Crippen LogP contribution in [0.4, 0.5) is 18.0 Å². The maximum atomic E-state index is 12.9. The third-order valence-electron chi connectivity index (χ3n) is 4.72. The Morgan fingerprint density at radius 1 is 1.29 bits per heavy atom. The summed E-state index contributed by atoms with van der Waals surface area (Å²) in [5.41, 5.74) is 0.724. The number of alkyl halides is 3. The van der Waals surface area contributed by atoms with Gasteiger partial charge in [0.1, 0.15) is 11.9 Å². The van der Waals surface area contributed by atoms with Gasteiger partial charge in [0.15, 0.2) is 0 Å². The van der Waals surface area contributed by atoms with Crippen molar-refractivity contribution in [2.24, 2.45) is 5.92 Å². The Kier molecular flexibility index (Phi) is 5.16. The average molecular weight is 397 g/mol. The van der Waals surface area contributed by atoms with Crippen LogP contribution in [0.1, 0.15) is 22.9 Å². The average Bonchev–Trinajstić information content (AvgIpc) is 2.58. The van der Waals surface area contributed by atoms with Gasteiger partial charge in [-0.2, -0.15) is 18.3 Å². The highest BCUT2D eigenvalue weighted by Crippen LogP contribution is 2.38. The van der Waals surface area contributed by atoms with Gasteiger partial charge in [0.25, 0.3) is 0 Å². The highest BCUT2D eigenvalue weighted by atomic mass is 19.4. The minimum Gasteiger partial charge on any atom is -0.496 e. The lowest BCUT2D eigenvalue weighted by Crippen LogP contribution is -2.51. The van der Waals surface area contributed by atoms with Crippen LogP contribution < -0.4 is 4.74 Å². The summed E-state index contributed by atoms with van der Waals surface area (Å²) in [6.07, 6.45) is -6.52. The van der Waals surface area contributed by atoms with Crippen LogP contribution in [0.25, 0.3) is 11.3 Å². The van der Waals surface area contributed by atoms with Gasteiger partial charge in [-0.05, 0) is 36.8 Å². The second-order valence-electron chi connectivity index (χ2n) is 6.61. The monoisotopic (exact) mass is 397 g/mol. The van der Waals surface area contributed by atoms with E-state index in [1.807, 2.05) is 0 Å². The molecule has 0 aliphatic carbocycles. The molecule has 1 aromatic heterocycles. The van der Waals surface area contributed by atoms with E-state index in [0.717, 1.165) is 12.1 Å². The topological polar surface area (TPSA) is 95.8 Å². The lowest BCUT2D eigenvalue weighted by Gasteiger charge is -2.39. The van der Waals surface area contributed by atoms with Crippen molar-refractivity contribution in [3.63, 3.8) is 0 Å². The number of halogens is 3. The summed E-state index contributed by atoms with van der Waals surface area (Å²) in [6, 6.07) is 4.70. The molecule has 2 aromatic rings. The Morgan fingerprint density at radius 3 is 2.50 bits per heavy atom. The summed E-state index contributed by atoms with van der Waals surface area (Å²) in [6.45, 7) is 2.10. The predicted octanol–water partition coefficient (Wildman–Crippen LogP) is 3.12. The molecule has 3 rings (SSSR count). The van der Waals surface area contributed by atoms with E-state index >= 15 is 0 Å². The van der Waals surface area contributed by atoms with E-state index in [1.54, 1.807) is 13.0 Å². The molecule has 1 atom stereocenters. The predicted molar refractivity (Wildman–Crippen MR) is 91.8 cm³/mol. The molecule has 0 spiro atoms. The van der Waals surface area contributed by atoms with Crippen LogP contribution >= 0.6 is 0 Å². The van der Waals surface area contributed by atoms with Crippen LogP contribution in [0.15, 0.2) is 24.3 Å². The van der Waals surface area contributed by atoms with Crippen LogP contribution in [0.3, 0.4) is 0 Å². The number of rotatable bonds is 4. The van der Waals surface area contributed by atoms with Gasteiger partial charge in [-0.25, -0.2) is 4.79 Å². The number of hydrogen-bond acceptors (Lipinski definition) is 5. The standard InChI is InChI=1S/C18H18F3N3O4/c1-9-5-13(16(25)10-7-24(8-10)17(26)27)22-23-15(9)12-4-3-11(18(19,20)21)6-14(12)28-2/h3-6,10,16,25H,7-8H2,1-2H3,(H,26,27). The highest BCUT2D eigenvalue weighted by molar-refractivity contribution is 5.70. The van der Waals surface area contributed by atoms with Gasteiger partial charge in [0.2, 0.25) is 0 Å². The first kappa shape index (κ1) is 19.9. The molecular formula is C18H18F3N3O4. The fourth-order valence-corrected chi connectivity index (χ4v) is 3.09. The van der Waals surface area contributed by atoms with Crippen LogP contribution in [-0.2, 0) is 6.18 Å². The van der Waals surface area contributed by atoms with Gasteiger partial charge in [0.05, 0.1) is 24.1 Å². The number of benzene rings is 1. The molecule has 150 valence electrons. The number of likely N-dealkylation sites (tertiary alicyclic amines) is 1. The first-order valence-corrected chi connectivity index (χ1v) is 8.37. The number of aliphatic hydroxyl groups is 1. The second-order valence-corrected chi connectivity index (χ2v) is 6.61. The summed E-state index contributed by atoms with van der Waals surface area (Å²) < 4.78 is 43.8. The largest absolute Gasteiger partial charge is 0.496 e. The van der Waals surface area contributed by atoms with Gasteiger partial charge in [0, 0.05) is 24.6 Å². The molecule has 0 bridgehead atoms. The van der Waals surface area contributed by atoms with Gasteiger partial charge < -0.3 is 19.8 Å². The number of aryl methyl sites for hydroxylation is 1. The van der Waals surface area contributed by atoms with E-state index in [1.165, 1.54) is 18.1 Å². The van der Waals surface area contributed by atoms with Crippen molar-refractivity contribution in [2.75, 3.05) is 20.2 Å². The summed E-state index contributed by atoms with van der Waals surface area (Å²) >= 11 is 0. The maximum absolute atomic E-state index is 12.9. The molecule has 28 heavy (non-hydrogen) atoms. The second kappa shape index (κ2) is 7.27. The molecule has 1 saturated heterocycles. The van der Waals surface area contributed by atoms with E-state index in [4.69, 9.17) is 9.84 Å². The zero-order chi connectivity index (χ0) is 20.6. The molecule has 2 N–H and O–H groups in total. The number of nitrogens with zero attached hydrogens (tertiary/aromatic N) is 3. The Balaban J connectivity index is 1.86. The maximum Gasteiger partial charge on any atom is 0.416 e. The molecule has 1 aliphatic heterocycles. The Morgan fingerprint density at radius 2 is 1.96 bits per heavy atom. The van der Waals surface area contributed by atoms with Crippen molar-refractivity contribution in [1.82, 2.24) is 15.1 Å². The van der Waals surface area contributed by atoms with Crippen molar-refractivity contribution >= 4 is 6.09 Å². The Bertz CT molecular complexity index is 898. The lowest BCUT2D eigenvalue weighted by atomic mass is 9.91. The first-order chi connectivity index (χ1) is 13.1. The van der Waals surface area contributed by atoms with Crippen LogP contribution in [0.5, 0.6) is 5.75 Å². The normalized spacial score (nSPS) is 15.9. The smallest absolute Gasteiger partial charge is 0.416 e. The number of hydrogen-bond donors (Lipinski definition) is 2. The van der Waals surface area contributed by atoms with E-state index in [2.05, 4.69) is 10.2 Å². The highest BCUT2D eigenvalue weighted by Gasteiger charge is 2.37. The van der Waals surface area contributed by atoms with Crippen molar-refractivity contribution in [2.45, 2.75) is 19.2 Å². The zero-order valence-corrected chi connectivity index (χ0v) is 15.1. The molecule has 0 radical (unpaired) electrons. The quantitative estimate of drug-likeness (QED) is 0.823. The molecule has 2 heterocycles. The van der Waals surface area contributed by atoms with Crippen LogP contribution in [-0.4, -0.2) is 51.6 Å². The third kappa shape index (κ3) is 3.72. The molecule has 7 nitrogen and oxygen atoms in total. The van der Waals surface area contributed by atoms with Crippen molar-refractivity contribution in [3.8, 4) is 17.0 Å². The molecule has 1 amide bonds. The van der Waals surface area contributed by atoms with Crippen molar-refractivity contribution in [3.05, 3.63) is 41.1 Å². The minimum atomic E-state index is -4.49. The van der Waals surface area contributed by atoms with Crippen molar-refractivity contribution in [1.29, 1.82) is 0 Å². The van der Waals surface area contributed by atoms with Gasteiger partial charge >= 0.3 is 12.3 Å². The number of ether oxygens (including phenoxy) is 1. The summed E-state index contributed by atoms with van der Waals surface area (Å²) in [7, 11) is 1.27. The van der Waals surface area contributed by atoms with Gasteiger partial charge in [-0.1, -0.05) is 0 Å². The minimum absolute atomic E-state index is 0.0108. The molecule has 10 heteroatoms. The number of aromatic nitrogens is 2. The number of amides is 1. The van der Waals surface area contributed by atoms with Gasteiger partial charge in [-0.3, -0.25) is 0 Å².